The first-order chi connectivity index (χ1) is 9.06. The number of benzene rings is 2. The van der Waals surface area contributed by atoms with Crippen LogP contribution >= 0.6 is 27.5 Å². The van der Waals surface area contributed by atoms with Crippen LogP contribution in [-0.4, -0.2) is 0 Å². The van der Waals surface area contributed by atoms with E-state index in [1.165, 1.54) is 6.07 Å². The number of rotatable bonds is 4. The van der Waals surface area contributed by atoms with Gasteiger partial charge in [-0.2, -0.15) is 0 Å². The van der Waals surface area contributed by atoms with E-state index in [4.69, 9.17) is 11.6 Å². The molecule has 0 heterocycles. The lowest BCUT2D eigenvalue weighted by Gasteiger charge is -2.15. The lowest BCUT2D eigenvalue weighted by Crippen LogP contribution is -2.18. The molecule has 0 unspecified atom stereocenters. The lowest BCUT2D eigenvalue weighted by atomic mass is 10.1. The summed E-state index contributed by atoms with van der Waals surface area (Å²) >= 11 is 9.10. The van der Waals surface area contributed by atoms with Crippen LogP contribution in [0.2, 0.25) is 5.02 Å². The van der Waals surface area contributed by atoms with Crippen LogP contribution in [0.15, 0.2) is 46.9 Å². The number of hydrogen-bond donors (Lipinski definition) is 1. The predicted octanol–water partition coefficient (Wildman–Crippen LogP) is 5.09. The van der Waals surface area contributed by atoms with Gasteiger partial charge in [0.1, 0.15) is 5.82 Å². The molecule has 19 heavy (non-hydrogen) atoms. The van der Waals surface area contributed by atoms with Crippen molar-refractivity contribution < 1.29 is 4.39 Å². The van der Waals surface area contributed by atoms with Gasteiger partial charge in [0.25, 0.3) is 0 Å². The first-order valence-electron chi connectivity index (χ1n) is 5.99. The quantitative estimate of drug-likeness (QED) is 0.816. The molecule has 2 aromatic carbocycles. The van der Waals surface area contributed by atoms with E-state index in [1.807, 2.05) is 37.3 Å². The smallest absolute Gasteiger partial charge is 0.128 e. The highest BCUT2D eigenvalue weighted by Gasteiger charge is 2.07. The van der Waals surface area contributed by atoms with E-state index in [2.05, 4.69) is 21.2 Å². The van der Waals surface area contributed by atoms with Crippen LogP contribution in [0.25, 0.3) is 0 Å². The van der Waals surface area contributed by atoms with E-state index < -0.39 is 0 Å². The first-order valence-corrected chi connectivity index (χ1v) is 7.16. The number of hydrogen-bond acceptors (Lipinski definition) is 1. The molecule has 1 atom stereocenters. The average molecular weight is 343 g/mol. The second-order valence-corrected chi connectivity index (χ2v) is 5.74. The minimum Gasteiger partial charge on any atom is -0.306 e. The molecule has 1 nitrogen and oxygen atoms in total. The normalized spacial score (nSPS) is 12.4. The molecule has 0 spiro atoms. The van der Waals surface area contributed by atoms with Gasteiger partial charge in [-0.3, -0.25) is 0 Å². The van der Waals surface area contributed by atoms with Crippen LogP contribution in [0, 0.1) is 5.82 Å². The number of halogens is 3. The predicted molar refractivity (Wildman–Crippen MR) is 80.8 cm³/mol. The molecule has 0 aliphatic carbocycles. The van der Waals surface area contributed by atoms with Crippen molar-refractivity contribution in [2.75, 3.05) is 0 Å². The van der Waals surface area contributed by atoms with Gasteiger partial charge < -0.3 is 5.32 Å². The van der Waals surface area contributed by atoms with E-state index in [-0.39, 0.29) is 11.9 Å². The Bertz CT molecular complexity index is 557. The van der Waals surface area contributed by atoms with Gasteiger partial charge in [0.2, 0.25) is 0 Å². The van der Waals surface area contributed by atoms with E-state index >= 15 is 0 Å². The molecule has 2 aromatic rings. The van der Waals surface area contributed by atoms with Crippen LogP contribution in [0.1, 0.15) is 24.1 Å². The Kier molecular flexibility index (Phi) is 4.97. The fourth-order valence-corrected chi connectivity index (χ4v) is 2.26. The van der Waals surface area contributed by atoms with Crippen LogP contribution in [0.3, 0.4) is 0 Å². The zero-order valence-electron chi connectivity index (χ0n) is 10.5. The summed E-state index contributed by atoms with van der Waals surface area (Å²) in [6.07, 6.45) is 0. The van der Waals surface area contributed by atoms with Crippen LogP contribution in [0.5, 0.6) is 0 Å². The van der Waals surface area contributed by atoms with Gasteiger partial charge in [0, 0.05) is 27.6 Å². The topological polar surface area (TPSA) is 12.0 Å². The van der Waals surface area contributed by atoms with Gasteiger partial charge in [-0.25, -0.2) is 4.39 Å². The van der Waals surface area contributed by atoms with Crippen molar-refractivity contribution in [2.24, 2.45) is 0 Å². The van der Waals surface area contributed by atoms with Crippen molar-refractivity contribution in [1.82, 2.24) is 5.32 Å². The maximum absolute atomic E-state index is 13.7. The van der Waals surface area contributed by atoms with Crippen molar-refractivity contribution in [3.63, 3.8) is 0 Å². The highest BCUT2D eigenvalue weighted by molar-refractivity contribution is 9.10. The fraction of sp³-hybridized carbons (Fsp3) is 0.200. The Morgan fingerprint density at radius 2 is 1.89 bits per heavy atom. The Hall–Kier alpha value is -0.900. The molecular weight excluding hydrogens is 329 g/mol. The molecule has 1 N–H and O–H groups in total. The maximum atomic E-state index is 13.7. The molecule has 2 rings (SSSR count). The van der Waals surface area contributed by atoms with Gasteiger partial charge >= 0.3 is 0 Å². The molecule has 0 saturated carbocycles. The Morgan fingerprint density at radius 1 is 1.21 bits per heavy atom. The SMILES string of the molecule is C[C@H](NCc1ccc(Br)cc1F)c1ccc(Cl)cc1. The molecule has 0 aromatic heterocycles. The summed E-state index contributed by atoms with van der Waals surface area (Å²) in [4.78, 5) is 0. The molecule has 4 heteroatoms. The van der Waals surface area contributed by atoms with Crippen LogP contribution in [-0.2, 0) is 6.54 Å². The summed E-state index contributed by atoms with van der Waals surface area (Å²) in [7, 11) is 0. The van der Waals surface area contributed by atoms with Crippen molar-refractivity contribution in [3.05, 3.63) is 68.9 Å². The highest BCUT2D eigenvalue weighted by atomic mass is 79.9. The standard InChI is InChI=1S/C15H14BrClFN/c1-10(11-3-6-14(17)7-4-11)19-9-12-2-5-13(16)8-15(12)18/h2-8,10,19H,9H2,1H3/t10-/m0/s1. The van der Waals surface area contributed by atoms with E-state index in [1.54, 1.807) is 6.07 Å². The molecule has 100 valence electrons. The molecule has 0 aliphatic rings. The maximum Gasteiger partial charge on any atom is 0.128 e. The molecule has 0 amide bonds. The average Bonchev–Trinajstić information content (AvgIpc) is 2.38. The zero-order chi connectivity index (χ0) is 13.8. The Balaban J connectivity index is 2.00. The lowest BCUT2D eigenvalue weighted by molar-refractivity contribution is 0.544. The molecule has 0 saturated heterocycles. The molecule has 0 fully saturated rings. The summed E-state index contributed by atoms with van der Waals surface area (Å²) in [6.45, 7) is 2.53. The molecule has 0 aliphatic heterocycles. The second-order valence-electron chi connectivity index (χ2n) is 4.39. The second kappa shape index (κ2) is 6.51. The van der Waals surface area contributed by atoms with E-state index in [9.17, 15) is 4.39 Å². The first kappa shape index (κ1) is 14.5. The summed E-state index contributed by atoms with van der Waals surface area (Å²) in [5.74, 6) is -0.204. The third-order valence-corrected chi connectivity index (χ3v) is 3.73. The number of nitrogens with one attached hydrogen (secondary N) is 1. The summed E-state index contributed by atoms with van der Waals surface area (Å²) < 4.78 is 14.4. The molecular formula is C15H14BrClFN. The minimum absolute atomic E-state index is 0.139. The third kappa shape index (κ3) is 4.03. The van der Waals surface area contributed by atoms with Crippen molar-refractivity contribution in [1.29, 1.82) is 0 Å². The monoisotopic (exact) mass is 341 g/mol. The van der Waals surface area contributed by atoms with E-state index in [0.29, 0.717) is 12.1 Å². The van der Waals surface area contributed by atoms with Crippen LogP contribution < -0.4 is 5.32 Å². The Labute approximate surface area is 125 Å². The van der Waals surface area contributed by atoms with Crippen LogP contribution in [0.4, 0.5) is 4.39 Å². The minimum atomic E-state index is -0.204. The van der Waals surface area contributed by atoms with E-state index in [0.717, 1.165) is 15.1 Å². The van der Waals surface area contributed by atoms with Crippen molar-refractivity contribution in [2.45, 2.75) is 19.5 Å². The fourth-order valence-electron chi connectivity index (χ4n) is 1.80. The van der Waals surface area contributed by atoms with Gasteiger partial charge in [-0.15, -0.1) is 0 Å². The van der Waals surface area contributed by atoms with Crippen molar-refractivity contribution >= 4 is 27.5 Å². The molecule has 0 radical (unpaired) electrons. The zero-order valence-corrected chi connectivity index (χ0v) is 12.8. The summed E-state index contributed by atoms with van der Waals surface area (Å²) in [5, 5.41) is 4.01. The summed E-state index contributed by atoms with van der Waals surface area (Å²) in [5.41, 5.74) is 1.78. The third-order valence-electron chi connectivity index (χ3n) is 2.98. The highest BCUT2D eigenvalue weighted by Crippen LogP contribution is 2.18. The van der Waals surface area contributed by atoms with Gasteiger partial charge in [0.15, 0.2) is 0 Å². The van der Waals surface area contributed by atoms with Gasteiger partial charge in [-0.05, 0) is 36.8 Å². The molecule has 0 bridgehead atoms. The Morgan fingerprint density at radius 3 is 2.53 bits per heavy atom. The largest absolute Gasteiger partial charge is 0.306 e. The van der Waals surface area contributed by atoms with Gasteiger partial charge in [-0.1, -0.05) is 45.7 Å². The van der Waals surface area contributed by atoms with Gasteiger partial charge in [0.05, 0.1) is 0 Å². The summed E-state index contributed by atoms with van der Waals surface area (Å²) in [6, 6.07) is 12.9. The van der Waals surface area contributed by atoms with Crippen molar-refractivity contribution in [3.8, 4) is 0 Å².